The Labute approximate surface area is 295 Å². The number of aliphatic hydroxyl groups is 2. The largest absolute Gasteiger partial charge is 0.462 e. The molecule has 0 aliphatic carbocycles. The second-order valence-corrected chi connectivity index (χ2v) is 13.1. The number of carbonyl (C=O) groups excluding carboxylic acids is 2. The molecule has 0 saturated carbocycles. The molecule has 0 radical (unpaired) electrons. The molecule has 6 heteroatoms. The van der Waals surface area contributed by atoms with Crippen molar-refractivity contribution in [3.05, 3.63) is 60.8 Å². The number of hydrogen-bond donors (Lipinski definition) is 3. The summed E-state index contributed by atoms with van der Waals surface area (Å²) in [6.45, 7) is 6.23. The lowest BCUT2D eigenvalue weighted by Gasteiger charge is -2.24. The van der Waals surface area contributed by atoms with Crippen LogP contribution in [-0.4, -0.2) is 46.9 Å². The fraction of sp³-hybridized carbons (Fsp3) is 0.714. The van der Waals surface area contributed by atoms with Crippen LogP contribution >= 0.6 is 0 Å². The molecule has 0 fully saturated rings. The lowest BCUT2D eigenvalue weighted by molar-refractivity contribution is -0.151. The van der Waals surface area contributed by atoms with Crippen molar-refractivity contribution in [1.82, 2.24) is 5.32 Å². The van der Waals surface area contributed by atoms with E-state index in [1.165, 1.54) is 64.2 Å². The second kappa shape index (κ2) is 35.9. The van der Waals surface area contributed by atoms with Crippen molar-refractivity contribution in [1.29, 1.82) is 0 Å². The van der Waals surface area contributed by atoms with Gasteiger partial charge in [-0.05, 0) is 38.5 Å². The molecule has 1 amide bonds. The average molecular weight is 672 g/mol. The number of allylic oxidation sites excluding steroid dienone is 10. The van der Waals surface area contributed by atoms with Gasteiger partial charge in [-0.3, -0.25) is 9.59 Å². The van der Waals surface area contributed by atoms with E-state index in [-0.39, 0.29) is 24.9 Å². The summed E-state index contributed by atoms with van der Waals surface area (Å²) in [6.07, 6.45) is 41.5. The summed E-state index contributed by atoms with van der Waals surface area (Å²) in [5.41, 5.74) is 0. The van der Waals surface area contributed by atoms with Crippen LogP contribution in [0.3, 0.4) is 0 Å². The van der Waals surface area contributed by atoms with Gasteiger partial charge in [0, 0.05) is 6.42 Å². The van der Waals surface area contributed by atoms with E-state index in [1.54, 1.807) is 0 Å². The first kappa shape index (κ1) is 45.6. The number of unbranched alkanes of at least 4 members (excludes halogenated alkanes) is 15. The molecule has 48 heavy (non-hydrogen) atoms. The van der Waals surface area contributed by atoms with E-state index >= 15 is 0 Å². The summed E-state index contributed by atoms with van der Waals surface area (Å²) in [6, 6.07) is -0.711. The Morgan fingerprint density at radius 1 is 0.625 bits per heavy atom. The maximum absolute atomic E-state index is 13.0. The monoisotopic (exact) mass is 672 g/mol. The van der Waals surface area contributed by atoms with Gasteiger partial charge in [0.15, 0.2) is 0 Å². The third kappa shape index (κ3) is 30.9. The SMILES string of the molecule is CC/C=C/C=C/C=C\C=C/C=C/CCCC(=O)OC(CCCCCCCCC)CC(=O)NC(CO)C(O)CCCCCCCCCCC. The van der Waals surface area contributed by atoms with Crippen molar-refractivity contribution < 1.29 is 24.5 Å². The van der Waals surface area contributed by atoms with E-state index in [0.717, 1.165) is 51.4 Å². The van der Waals surface area contributed by atoms with Crippen molar-refractivity contribution in [2.75, 3.05) is 6.61 Å². The molecule has 3 atom stereocenters. The zero-order valence-electron chi connectivity index (χ0n) is 31.1. The number of nitrogens with one attached hydrogen (secondary N) is 1. The van der Waals surface area contributed by atoms with Gasteiger partial charge in [0.25, 0.3) is 0 Å². The fourth-order valence-electron chi connectivity index (χ4n) is 5.52. The summed E-state index contributed by atoms with van der Waals surface area (Å²) in [4.78, 5) is 25.7. The maximum Gasteiger partial charge on any atom is 0.306 e. The molecule has 0 aliphatic rings. The molecule has 276 valence electrons. The van der Waals surface area contributed by atoms with Gasteiger partial charge < -0.3 is 20.3 Å². The predicted octanol–water partition coefficient (Wildman–Crippen LogP) is 10.5. The van der Waals surface area contributed by atoms with Gasteiger partial charge in [-0.1, -0.05) is 178 Å². The van der Waals surface area contributed by atoms with E-state index in [1.807, 2.05) is 54.7 Å². The molecule has 3 unspecified atom stereocenters. The molecule has 0 aliphatic heterocycles. The van der Waals surface area contributed by atoms with Crippen molar-refractivity contribution in [2.45, 2.75) is 187 Å². The highest BCUT2D eigenvalue weighted by Gasteiger charge is 2.24. The van der Waals surface area contributed by atoms with Crippen LogP contribution in [0.15, 0.2) is 60.8 Å². The first-order valence-electron chi connectivity index (χ1n) is 19.6. The Morgan fingerprint density at radius 2 is 1.10 bits per heavy atom. The number of aliphatic hydroxyl groups excluding tert-OH is 2. The summed E-state index contributed by atoms with van der Waals surface area (Å²) in [7, 11) is 0. The summed E-state index contributed by atoms with van der Waals surface area (Å²) < 4.78 is 5.80. The normalized spacial score (nSPS) is 14.2. The van der Waals surface area contributed by atoms with Gasteiger partial charge in [0.05, 0.1) is 25.2 Å². The Balaban J connectivity index is 4.68. The standard InChI is InChI=1S/C42H73NO5/c1-4-7-10-13-16-18-19-20-21-23-26-29-32-35-42(47)48-38(33-30-27-24-15-12-9-6-3)36-41(46)43-39(37-44)40(45)34-31-28-25-22-17-14-11-8-5-2/h7,10,13,16,18-21,23,26,38-40,44-45H,4-6,8-9,11-12,14-15,17,22,24-25,27-37H2,1-3H3,(H,43,46)/b10-7+,16-13+,19-18-,21-20-,26-23+. The van der Waals surface area contributed by atoms with Crippen molar-refractivity contribution in [3.63, 3.8) is 0 Å². The van der Waals surface area contributed by atoms with Crippen LogP contribution in [0.4, 0.5) is 0 Å². The first-order chi connectivity index (χ1) is 23.5. The molecule has 0 aromatic heterocycles. The first-order valence-corrected chi connectivity index (χ1v) is 19.6. The molecule has 0 aromatic carbocycles. The van der Waals surface area contributed by atoms with Crippen LogP contribution in [0.1, 0.15) is 168 Å². The van der Waals surface area contributed by atoms with Crippen LogP contribution < -0.4 is 5.32 Å². The molecule has 3 N–H and O–H groups in total. The highest BCUT2D eigenvalue weighted by molar-refractivity contribution is 5.77. The summed E-state index contributed by atoms with van der Waals surface area (Å²) >= 11 is 0. The topological polar surface area (TPSA) is 95.9 Å². The third-order valence-electron chi connectivity index (χ3n) is 8.49. The van der Waals surface area contributed by atoms with E-state index in [2.05, 4.69) is 32.2 Å². The van der Waals surface area contributed by atoms with Crippen LogP contribution in [-0.2, 0) is 14.3 Å². The van der Waals surface area contributed by atoms with Gasteiger partial charge in [0.2, 0.25) is 5.91 Å². The number of hydrogen-bond acceptors (Lipinski definition) is 5. The Kier molecular flexibility index (Phi) is 34.0. The highest BCUT2D eigenvalue weighted by atomic mass is 16.5. The molecule has 0 heterocycles. The van der Waals surface area contributed by atoms with Crippen LogP contribution in [0.2, 0.25) is 0 Å². The number of rotatable bonds is 33. The fourth-order valence-corrected chi connectivity index (χ4v) is 5.52. The molecule has 6 nitrogen and oxygen atoms in total. The van der Waals surface area contributed by atoms with Gasteiger partial charge in [-0.2, -0.15) is 0 Å². The Hall–Kier alpha value is -2.44. The molecule has 0 aromatic rings. The molecule has 0 spiro atoms. The van der Waals surface area contributed by atoms with Crippen LogP contribution in [0.5, 0.6) is 0 Å². The minimum absolute atomic E-state index is 0.0467. The van der Waals surface area contributed by atoms with Crippen molar-refractivity contribution in [3.8, 4) is 0 Å². The third-order valence-corrected chi connectivity index (χ3v) is 8.49. The highest BCUT2D eigenvalue weighted by Crippen LogP contribution is 2.16. The van der Waals surface area contributed by atoms with Crippen molar-refractivity contribution in [2.24, 2.45) is 0 Å². The predicted molar refractivity (Wildman–Crippen MR) is 204 cm³/mol. The van der Waals surface area contributed by atoms with Gasteiger partial charge >= 0.3 is 5.97 Å². The zero-order chi connectivity index (χ0) is 35.3. The molecule has 0 bridgehead atoms. The minimum atomic E-state index is -0.795. The summed E-state index contributed by atoms with van der Waals surface area (Å²) in [5.74, 6) is -0.576. The second-order valence-electron chi connectivity index (χ2n) is 13.1. The van der Waals surface area contributed by atoms with Crippen LogP contribution in [0, 0.1) is 0 Å². The quantitative estimate of drug-likeness (QED) is 0.0367. The van der Waals surface area contributed by atoms with E-state index in [9.17, 15) is 19.8 Å². The molecular formula is C42H73NO5. The summed E-state index contributed by atoms with van der Waals surface area (Å²) in [5, 5.41) is 23.4. The smallest absolute Gasteiger partial charge is 0.306 e. The number of carbonyl (C=O) groups is 2. The van der Waals surface area contributed by atoms with E-state index < -0.39 is 18.2 Å². The average Bonchev–Trinajstić information content (AvgIpc) is 3.07. The Bertz CT molecular complexity index is 890. The van der Waals surface area contributed by atoms with E-state index in [4.69, 9.17) is 4.74 Å². The minimum Gasteiger partial charge on any atom is -0.462 e. The lowest BCUT2D eigenvalue weighted by Crippen LogP contribution is -2.46. The Morgan fingerprint density at radius 3 is 1.62 bits per heavy atom. The van der Waals surface area contributed by atoms with Gasteiger partial charge in [0.1, 0.15) is 6.10 Å². The molecular weight excluding hydrogens is 598 g/mol. The van der Waals surface area contributed by atoms with Gasteiger partial charge in [-0.15, -0.1) is 0 Å². The number of ether oxygens (including phenoxy) is 1. The molecule has 0 rings (SSSR count). The lowest BCUT2D eigenvalue weighted by atomic mass is 10.0. The maximum atomic E-state index is 13.0. The van der Waals surface area contributed by atoms with Gasteiger partial charge in [-0.25, -0.2) is 0 Å². The molecule has 0 saturated heterocycles. The zero-order valence-corrected chi connectivity index (χ0v) is 31.1. The number of esters is 1. The van der Waals surface area contributed by atoms with E-state index in [0.29, 0.717) is 25.7 Å². The van der Waals surface area contributed by atoms with Crippen LogP contribution in [0.25, 0.3) is 0 Å². The van der Waals surface area contributed by atoms with Crippen molar-refractivity contribution >= 4 is 11.9 Å². The number of amides is 1.